The zero-order chi connectivity index (χ0) is 22.5. The number of carbonyl (C=O) groups excluding carboxylic acids is 2. The number of ether oxygens (including phenoxy) is 2. The lowest BCUT2D eigenvalue weighted by molar-refractivity contribution is -0.136. The topological polar surface area (TPSA) is 55.8 Å². The lowest BCUT2D eigenvalue weighted by atomic mass is 10.0. The highest BCUT2D eigenvalue weighted by atomic mass is 32.2. The van der Waals surface area contributed by atoms with Crippen LogP contribution in [0.4, 0.5) is 0 Å². The molecule has 0 atom stereocenters. The van der Waals surface area contributed by atoms with Gasteiger partial charge in [-0.1, -0.05) is 59.8 Å². The van der Waals surface area contributed by atoms with Gasteiger partial charge in [0.1, 0.15) is 18.1 Å². The Kier molecular flexibility index (Phi) is 6.61. The van der Waals surface area contributed by atoms with E-state index in [-0.39, 0.29) is 25.0 Å². The molecule has 0 N–H and O–H groups in total. The Hall–Kier alpha value is -3.51. The maximum Gasteiger partial charge on any atom is 0.268 e. The number of thioether (sulfide) groups is 1. The number of benzene rings is 3. The first kappa shape index (κ1) is 21.7. The summed E-state index contributed by atoms with van der Waals surface area (Å²) in [6, 6.07) is 24.4. The van der Waals surface area contributed by atoms with Crippen molar-refractivity contribution in [3.63, 3.8) is 0 Å². The van der Waals surface area contributed by atoms with Gasteiger partial charge in [0, 0.05) is 4.90 Å². The first-order chi connectivity index (χ1) is 15.6. The number of aryl methyl sites for hydroxylation is 1. The quantitative estimate of drug-likeness (QED) is 0.459. The lowest BCUT2D eigenvalue weighted by Crippen LogP contribution is -2.35. The second-order valence-electron chi connectivity index (χ2n) is 7.27. The number of imide groups is 1. The van der Waals surface area contributed by atoms with E-state index in [9.17, 15) is 9.59 Å². The van der Waals surface area contributed by atoms with Crippen LogP contribution >= 0.6 is 11.8 Å². The first-order valence-electron chi connectivity index (χ1n) is 10.2. The van der Waals surface area contributed by atoms with E-state index in [1.807, 2.05) is 61.5 Å². The van der Waals surface area contributed by atoms with Crippen LogP contribution in [-0.2, 0) is 9.59 Å². The predicted octanol–water partition coefficient (Wildman–Crippen LogP) is 4.95. The highest BCUT2D eigenvalue weighted by Gasteiger charge is 2.39. The molecule has 1 aliphatic rings. The molecule has 162 valence electrons. The third kappa shape index (κ3) is 4.70. The molecule has 0 bridgehead atoms. The maximum absolute atomic E-state index is 13.3. The molecule has 3 aromatic rings. The highest BCUT2D eigenvalue weighted by molar-refractivity contribution is 8.04. The SMILES string of the molecule is COc1ccc(OCCN2C(=O)C(Sc3ccccc3)=C(c3ccc(C)cc3)C2=O)cc1. The normalized spacial score (nSPS) is 13.6. The standard InChI is InChI=1S/C26H23NO4S/c1-18-8-10-19(11-9-18)23-24(32-22-6-4-3-5-7-22)26(29)27(25(23)28)16-17-31-21-14-12-20(30-2)13-15-21/h3-15H,16-17H2,1-2H3. The van der Waals surface area contributed by atoms with Crippen LogP contribution in [0.5, 0.6) is 11.5 Å². The number of hydrogen-bond acceptors (Lipinski definition) is 5. The summed E-state index contributed by atoms with van der Waals surface area (Å²) in [5.74, 6) is 0.792. The van der Waals surface area contributed by atoms with Gasteiger partial charge in [-0.2, -0.15) is 0 Å². The van der Waals surface area contributed by atoms with Crippen LogP contribution in [0.2, 0.25) is 0 Å². The van der Waals surface area contributed by atoms with Crippen LogP contribution in [0.15, 0.2) is 88.7 Å². The van der Waals surface area contributed by atoms with Crippen molar-refractivity contribution >= 4 is 29.1 Å². The molecule has 0 aliphatic carbocycles. The molecule has 0 radical (unpaired) electrons. The fraction of sp³-hybridized carbons (Fsp3) is 0.154. The summed E-state index contributed by atoms with van der Waals surface area (Å²) < 4.78 is 10.9. The van der Waals surface area contributed by atoms with Gasteiger partial charge in [-0.3, -0.25) is 14.5 Å². The Morgan fingerprint density at radius 3 is 2.12 bits per heavy atom. The van der Waals surface area contributed by atoms with Gasteiger partial charge in [0.2, 0.25) is 0 Å². The van der Waals surface area contributed by atoms with E-state index in [2.05, 4.69) is 0 Å². The van der Waals surface area contributed by atoms with Gasteiger partial charge in [0.25, 0.3) is 11.8 Å². The van der Waals surface area contributed by atoms with E-state index >= 15 is 0 Å². The van der Waals surface area contributed by atoms with Crippen LogP contribution in [0, 0.1) is 6.92 Å². The number of nitrogens with zero attached hydrogens (tertiary/aromatic N) is 1. The monoisotopic (exact) mass is 445 g/mol. The van der Waals surface area contributed by atoms with Gasteiger partial charge in [0.15, 0.2) is 0 Å². The summed E-state index contributed by atoms with van der Waals surface area (Å²) in [6.07, 6.45) is 0. The molecule has 6 heteroatoms. The van der Waals surface area contributed by atoms with Crippen molar-refractivity contribution in [1.82, 2.24) is 4.90 Å². The van der Waals surface area contributed by atoms with Gasteiger partial charge in [-0.25, -0.2) is 0 Å². The largest absolute Gasteiger partial charge is 0.497 e. The number of hydrogen-bond donors (Lipinski definition) is 0. The van der Waals surface area contributed by atoms with Crippen molar-refractivity contribution in [2.24, 2.45) is 0 Å². The van der Waals surface area contributed by atoms with E-state index in [0.29, 0.717) is 16.2 Å². The molecule has 0 aromatic heterocycles. The number of amides is 2. The Labute approximate surface area is 191 Å². The molecule has 1 heterocycles. The summed E-state index contributed by atoms with van der Waals surface area (Å²) >= 11 is 1.32. The van der Waals surface area contributed by atoms with Gasteiger partial charge >= 0.3 is 0 Å². The van der Waals surface area contributed by atoms with Crippen LogP contribution < -0.4 is 9.47 Å². The number of methoxy groups -OCH3 is 1. The molecule has 0 unspecified atom stereocenters. The second kappa shape index (κ2) is 9.75. The summed E-state index contributed by atoms with van der Waals surface area (Å²) in [7, 11) is 1.60. The summed E-state index contributed by atoms with van der Waals surface area (Å²) in [6.45, 7) is 2.36. The third-order valence-corrected chi connectivity index (χ3v) is 6.16. The molecule has 1 aliphatic heterocycles. The van der Waals surface area contributed by atoms with E-state index in [4.69, 9.17) is 9.47 Å². The Bertz CT molecular complexity index is 1140. The summed E-state index contributed by atoms with van der Waals surface area (Å²) in [4.78, 5) is 29.2. The molecular formula is C26H23NO4S. The first-order valence-corrected chi connectivity index (χ1v) is 11.1. The minimum atomic E-state index is -0.296. The smallest absolute Gasteiger partial charge is 0.268 e. The fourth-order valence-corrected chi connectivity index (χ4v) is 4.39. The lowest BCUT2D eigenvalue weighted by Gasteiger charge is -2.16. The summed E-state index contributed by atoms with van der Waals surface area (Å²) in [5.41, 5.74) is 2.27. The molecule has 0 saturated heterocycles. The maximum atomic E-state index is 13.3. The molecule has 0 saturated carbocycles. The van der Waals surface area contributed by atoms with Gasteiger partial charge < -0.3 is 9.47 Å². The van der Waals surface area contributed by atoms with Gasteiger partial charge in [0.05, 0.1) is 24.1 Å². The van der Waals surface area contributed by atoms with E-state index in [1.165, 1.54) is 16.7 Å². The van der Waals surface area contributed by atoms with Gasteiger partial charge in [-0.15, -0.1) is 0 Å². The minimum Gasteiger partial charge on any atom is -0.497 e. The van der Waals surface area contributed by atoms with Gasteiger partial charge in [-0.05, 0) is 48.9 Å². The molecule has 0 spiro atoms. The van der Waals surface area contributed by atoms with Crippen molar-refractivity contribution in [3.05, 3.63) is 94.9 Å². The molecule has 4 rings (SSSR count). The van der Waals surface area contributed by atoms with Crippen molar-refractivity contribution in [1.29, 1.82) is 0 Å². The zero-order valence-electron chi connectivity index (χ0n) is 17.9. The third-order valence-electron chi connectivity index (χ3n) is 5.07. The number of rotatable bonds is 8. The minimum absolute atomic E-state index is 0.165. The molecule has 32 heavy (non-hydrogen) atoms. The van der Waals surface area contributed by atoms with E-state index < -0.39 is 0 Å². The van der Waals surface area contributed by atoms with Crippen LogP contribution in [0.25, 0.3) is 5.57 Å². The van der Waals surface area contributed by atoms with Crippen LogP contribution in [-0.4, -0.2) is 37.0 Å². The second-order valence-corrected chi connectivity index (χ2v) is 8.35. The average molecular weight is 446 g/mol. The Morgan fingerprint density at radius 1 is 0.812 bits per heavy atom. The number of carbonyl (C=O) groups is 2. The molecule has 2 amide bonds. The fourth-order valence-electron chi connectivity index (χ4n) is 3.36. The van der Waals surface area contributed by atoms with Crippen molar-refractivity contribution in [3.8, 4) is 11.5 Å². The Morgan fingerprint density at radius 2 is 1.47 bits per heavy atom. The molecular weight excluding hydrogens is 422 g/mol. The average Bonchev–Trinajstić information content (AvgIpc) is 3.05. The highest BCUT2D eigenvalue weighted by Crippen LogP contribution is 2.39. The molecule has 3 aromatic carbocycles. The van der Waals surface area contributed by atoms with Crippen molar-refractivity contribution < 1.29 is 19.1 Å². The van der Waals surface area contributed by atoms with Crippen molar-refractivity contribution in [2.75, 3.05) is 20.3 Å². The molecule has 5 nitrogen and oxygen atoms in total. The molecule has 0 fully saturated rings. The van der Waals surface area contributed by atoms with Crippen LogP contribution in [0.3, 0.4) is 0 Å². The predicted molar refractivity (Wildman–Crippen MR) is 126 cm³/mol. The summed E-state index contributed by atoms with van der Waals surface area (Å²) in [5, 5.41) is 0. The van der Waals surface area contributed by atoms with Crippen molar-refractivity contribution in [2.45, 2.75) is 11.8 Å². The Balaban J connectivity index is 1.54. The van der Waals surface area contributed by atoms with E-state index in [0.717, 1.165) is 21.8 Å². The zero-order valence-corrected chi connectivity index (χ0v) is 18.7. The van der Waals surface area contributed by atoms with Crippen LogP contribution in [0.1, 0.15) is 11.1 Å². The van der Waals surface area contributed by atoms with E-state index in [1.54, 1.807) is 31.4 Å².